The van der Waals surface area contributed by atoms with Gasteiger partial charge in [-0.05, 0) is 48.2 Å². The number of carbonyl (C=O) groups is 2. The van der Waals surface area contributed by atoms with E-state index >= 15 is 0 Å². The van der Waals surface area contributed by atoms with Crippen molar-refractivity contribution in [3.63, 3.8) is 0 Å². The zero-order valence-electron chi connectivity index (χ0n) is 23.7. The van der Waals surface area contributed by atoms with Crippen molar-refractivity contribution in [3.8, 4) is 0 Å². The van der Waals surface area contributed by atoms with E-state index in [2.05, 4.69) is 5.32 Å². The number of para-hydroxylation sites is 1. The van der Waals surface area contributed by atoms with Gasteiger partial charge in [0.15, 0.2) is 0 Å². The summed E-state index contributed by atoms with van der Waals surface area (Å²) in [6.45, 7) is 2.46. The molecule has 0 heterocycles. The molecule has 0 aliphatic rings. The fraction of sp³-hybridized carbons (Fsp3) is 0.355. The Morgan fingerprint density at radius 3 is 2.26 bits per heavy atom. The van der Waals surface area contributed by atoms with Gasteiger partial charge in [-0.2, -0.15) is 0 Å². The van der Waals surface area contributed by atoms with Gasteiger partial charge >= 0.3 is 0 Å². The normalized spacial score (nSPS) is 12.0. The Labute approximate surface area is 257 Å². The van der Waals surface area contributed by atoms with Crippen molar-refractivity contribution < 1.29 is 22.4 Å². The number of benzene rings is 3. The minimum absolute atomic E-state index is 0.0741. The van der Waals surface area contributed by atoms with E-state index in [1.54, 1.807) is 24.3 Å². The maximum Gasteiger partial charge on any atom is 0.243 e. The number of anilines is 1. The molecule has 3 rings (SSSR count). The van der Waals surface area contributed by atoms with Crippen LogP contribution in [0.4, 0.5) is 10.1 Å². The second-order valence-electron chi connectivity index (χ2n) is 10.0. The van der Waals surface area contributed by atoms with Gasteiger partial charge in [-0.25, -0.2) is 12.8 Å². The van der Waals surface area contributed by atoms with Crippen molar-refractivity contribution >= 4 is 50.7 Å². The van der Waals surface area contributed by atoms with Crippen LogP contribution in [0, 0.1) is 5.82 Å². The lowest BCUT2D eigenvalue weighted by Gasteiger charge is -2.32. The van der Waals surface area contributed by atoms with Crippen molar-refractivity contribution in [3.05, 3.63) is 99.8 Å². The Kier molecular flexibility index (Phi) is 12.6. The zero-order chi connectivity index (χ0) is 30.7. The molecule has 3 aromatic carbocycles. The molecule has 11 heteroatoms. The molecule has 2 amide bonds. The van der Waals surface area contributed by atoms with Gasteiger partial charge in [0.2, 0.25) is 21.8 Å². The quantitative estimate of drug-likeness (QED) is 0.200. The van der Waals surface area contributed by atoms with Gasteiger partial charge in [0.25, 0.3) is 0 Å². The molecule has 0 radical (unpaired) electrons. The Morgan fingerprint density at radius 2 is 1.62 bits per heavy atom. The second kappa shape index (κ2) is 15.9. The third-order valence-corrected chi connectivity index (χ3v) is 8.63. The number of halogens is 3. The fourth-order valence-corrected chi connectivity index (χ4v) is 5.82. The topological polar surface area (TPSA) is 86.8 Å². The number of unbranched alkanes of at least 4 members (excludes halogenated alkanes) is 1. The van der Waals surface area contributed by atoms with E-state index in [1.165, 1.54) is 23.1 Å². The molecule has 42 heavy (non-hydrogen) atoms. The SMILES string of the molecule is CCCCNC(=O)[C@@H](Cc1ccccc1)N(Cc1ccc(Cl)c(Cl)c1)C(=O)CCCN(c1ccccc1F)S(C)(=O)=O. The molecule has 0 aliphatic heterocycles. The molecule has 226 valence electrons. The van der Waals surface area contributed by atoms with Gasteiger partial charge in [-0.15, -0.1) is 0 Å². The van der Waals surface area contributed by atoms with Crippen LogP contribution in [-0.4, -0.2) is 50.5 Å². The molecule has 1 atom stereocenters. The number of nitrogens with one attached hydrogen (secondary N) is 1. The predicted octanol–water partition coefficient (Wildman–Crippen LogP) is 6.24. The number of carbonyl (C=O) groups excluding carboxylic acids is 2. The van der Waals surface area contributed by atoms with Crippen molar-refractivity contribution in [1.29, 1.82) is 0 Å². The number of hydrogen-bond donors (Lipinski definition) is 1. The summed E-state index contributed by atoms with van der Waals surface area (Å²) in [6.07, 6.45) is 2.99. The first kappa shape index (κ1) is 33.4. The number of nitrogens with zero attached hydrogens (tertiary/aromatic N) is 2. The molecular formula is C31H36Cl2FN3O4S. The zero-order valence-corrected chi connectivity index (χ0v) is 26.1. The molecule has 3 aromatic rings. The summed E-state index contributed by atoms with van der Waals surface area (Å²) in [7, 11) is -3.82. The summed E-state index contributed by atoms with van der Waals surface area (Å²) in [6, 6.07) is 19.2. The Morgan fingerprint density at radius 1 is 0.929 bits per heavy atom. The smallest absolute Gasteiger partial charge is 0.243 e. The average Bonchev–Trinajstić information content (AvgIpc) is 2.95. The molecule has 0 aromatic heterocycles. The number of sulfonamides is 1. The van der Waals surface area contributed by atoms with E-state index in [4.69, 9.17) is 23.2 Å². The van der Waals surface area contributed by atoms with Gasteiger partial charge in [0, 0.05) is 32.5 Å². The predicted molar refractivity (Wildman–Crippen MR) is 167 cm³/mol. The van der Waals surface area contributed by atoms with Crippen molar-refractivity contribution in [2.45, 2.75) is 51.6 Å². The van der Waals surface area contributed by atoms with E-state index in [1.807, 2.05) is 37.3 Å². The second-order valence-corrected chi connectivity index (χ2v) is 12.7. The van der Waals surface area contributed by atoms with Crippen LogP contribution < -0.4 is 9.62 Å². The van der Waals surface area contributed by atoms with Crippen LogP contribution in [0.3, 0.4) is 0 Å². The maximum absolute atomic E-state index is 14.5. The molecular weight excluding hydrogens is 600 g/mol. The highest BCUT2D eigenvalue weighted by Gasteiger charge is 2.30. The summed E-state index contributed by atoms with van der Waals surface area (Å²) >= 11 is 12.4. The number of hydrogen-bond acceptors (Lipinski definition) is 4. The van der Waals surface area contributed by atoms with Crippen LogP contribution in [0.5, 0.6) is 0 Å². The van der Waals surface area contributed by atoms with Crippen molar-refractivity contribution in [2.75, 3.05) is 23.7 Å². The highest BCUT2D eigenvalue weighted by atomic mass is 35.5. The lowest BCUT2D eigenvalue weighted by molar-refractivity contribution is -0.141. The Bertz CT molecular complexity index is 1460. The molecule has 0 spiro atoms. The lowest BCUT2D eigenvalue weighted by atomic mass is 10.0. The standard InChI is InChI=1S/C31H36Cl2FN3O4S/c1-3-4-18-35-31(39)29(21-23-11-6-5-7-12-23)36(22-24-16-17-25(32)26(33)20-24)30(38)15-10-19-37(42(2,40)41)28-14-9-8-13-27(28)34/h5-9,11-14,16-17,20,29H,3-4,10,15,18-19,21-22H2,1-2H3,(H,35,39)/t29-/m1/s1. The summed E-state index contributed by atoms with van der Waals surface area (Å²) in [5.41, 5.74) is 1.47. The largest absolute Gasteiger partial charge is 0.354 e. The molecule has 0 bridgehead atoms. The molecule has 0 saturated heterocycles. The molecule has 7 nitrogen and oxygen atoms in total. The lowest BCUT2D eigenvalue weighted by Crippen LogP contribution is -2.50. The average molecular weight is 637 g/mol. The van der Waals surface area contributed by atoms with E-state index in [9.17, 15) is 22.4 Å². The third-order valence-electron chi connectivity index (χ3n) is 6.71. The van der Waals surface area contributed by atoms with E-state index in [-0.39, 0.29) is 49.9 Å². The first-order chi connectivity index (χ1) is 20.0. The Hall–Kier alpha value is -3.14. The highest BCUT2D eigenvalue weighted by Crippen LogP contribution is 2.25. The van der Waals surface area contributed by atoms with Crippen molar-refractivity contribution in [1.82, 2.24) is 10.2 Å². The van der Waals surface area contributed by atoms with Crippen LogP contribution in [0.2, 0.25) is 10.0 Å². The summed E-state index contributed by atoms with van der Waals surface area (Å²) < 4.78 is 40.4. The van der Waals surface area contributed by atoms with Crippen LogP contribution in [0.1, 0.15) is 43.7 Å². The molecule has 0 fully saturated rings. The molecule has 1 N–H and O–H groups in total. The first-order valence-electron chi connectivity index (χ1n) is 13.8. The highest BCUT2D eigenvalue weighted by molar-refractivity contribution is 7.92. The van der Waals surface area contributed by atoms with E-state index in [0.717, 1.165) is 29.0 Å². The summed E-state index contributed by atoms with van der Waals surface area (Å²) in [5, 5.41) is 3.65. The number of amides is 2. The van der Waals surface area contributed by atoms with Gasteiger partial charge in [0.05, 0.1) is 22.0 Å². The molecule has 0 unspecified atom stereocenters. The third kappa shape index (κ3) is 9.71. The monoisotopic (exact) mass is 635 g/mol. The minimum Gasteiger partial charge on any atom is -0.354 e. The maximum atomic E-state index is 14.5. The van der Waals surface area contributed by atoms with Gasteiger partial charge in [-0.1, -0.05) is 85.1 Å². The molecule has 0 aliphatic carbocycles. The van der Waals surface area contributed by atoms with Crippen LogP contribution in [0.15, 0.2) is 72.8 Å². The van der Waals surface area contributed by atoms with Crippen LogP contribution in [-0.2, 0) is 32.6 Å². The fourth-order valence-electron chi connectivity index (χ4n) is 4.53. The summed E-state index contributed by atoms with van der Waals surface area (Å²) in [5.74, 6) is -1.32. The number of rotatable bonds is 15. The Balaban J connectivity index is 1.90. The van der Waals surface area contributed by atoms with Gasteiger partial charge in [-0.3, -0.25) is 13.9 Å². The van der Waals surface area contributed by atoms with Crippen LogP contribution in [0.25, 0.3) is 0 Å². The van der Waals surface area contributed by atoms with E-state index in [0.29, 0.717) is 22.2 Å². The van der Waals surface area contributed by atoms with Gasteiger partial charge in [0.1, 0.15) is 11.9 Å². The van der Waals surface area contributed by atoms with Gasteiger partial charge < -0.3 is 10.2 Å². The summed E-state index contributed by atoms with van der Waals surface area (Å²) in [4.78, 5) is 28.9. The van der Waals surface area contributed by atoms with Crippen molar-refractivity contribution in [2.24, 2.45) is 0 Å². The van der Waals surface area contributed by atoms with Crippen LogP contribution >= 0.6 is 23.2 Å². The first-order valence-corrected chi connectivity index (χ1v) is 16.4. The van der Waals surface area contributed by atoms with E-state index < -0.39 is 21.9 Å². The minimum atomic E-state index is -3.82. The molecule has 0 saturated carbocycles.